The zero-order valence-electron chi connectivity index (χ0n) is 17.4. The lowest BCUT2D eigenvalue weighted by atomic mass is 9.98. The van der Waals surface area contributed by atoms with E-state index in [1.807, 2.05) is 12.1 Å². The van der Waals surface area contributed by atoms with Gasteiger partial charge in [-0.25, -0.2) is 4.79 Å². The summed E-state index contributed by atoms with van der Waals surface area (Å²) in [6.07, 6.45) is -3.53. The number of urea groups is 1. The number of hydrogen-bond acceptors (Lipinski definition) is 3. The number of aliphatic hydroxyl groups excluding tert-OH is 1. The fraction of sp³-hybridized carbons (Fsp3) is 0.435. The molecule has 2 aromatic carbocycles. The Labute approximate surface area is 189 Å². The summed E-state index contributed by atoms with van der Waals surface area (Å²) >= 11 is 6.06. The summed E-state index contributed by atoms with van der Waals surface area (Å²) in [5.41, 5.74) is 0.684. The largest absolute Gasteiger partial charge is 0.416 e. The van der Waals surface area contributed by atoms with Gasteiger partial charge in [0.1, 0.15) is 0 Å². The van der Waals surface area contributed by atoms with Crippen molar-refractivity contribution in [3.8, 4) is 0 Å². The van der Waals surface area contributed by atoms with Gasteiger partial charge in [-0.15, -0.1) is 0 Å². The molecule has 1 unspecified atom stereocenters. The van der Waals surface area contributed by atoms with Gasteiger partial charge in [-0.1, -0.05) is 35.9 Å². The van der Waals surface area contributed by atoms with Gasteiger partial charge >= 0.3 is 12.2 Å². The monoisotopic (exact) mass is 467 g/mol. The molecule has 0 spiro atoms. The molecular weight excluding hydrogens is 443 g/mol. The number of likely N-dealkylation sites (tertiary alicyclic amines) is 1. The van der Waals surface area contributed by atoms with E-state index in [1.165, 1.54) is 6.07 Å². The van der Waals surface area contributed by atoms with Crippen molar-refractivity contribution >= 4 is 17.6 Å². The van der Waals surface area contributed by atoms with Gasteiger partial charge in [0.25, 0.3) is 0 Å². The fourth-order valence-corrected chi connectivity index (χ4v) is 4.59. The van der Waals surface area contributed by atoms with Crippen molar-refractivity contribution in [3.05, 3.63) is 70.2 Å². The van der Waals surface area contributed by atoms with Gasteiger partial charge in [0.05, 0.1) is 23.8 Å². The second-order valence-electron chi connectivity index (χ2n) is 8.31. The highest BCUT2D eigenvalue weighted by atomic mass is 35.5. The molecule has 2 saturated heterocycles. The predicted octanol–water partition coefficient (Wildman–Crippen LogP) is 4.62. The van der Waals surface area contributed by atoms with Crippen molar-refractivity contribution in [2.75, 3.05) is 26.2 Å². The van der Waals surface area contributed by atoms with Gasteiger partial charge in [-0.2, -0.15) is 13.2 Å². The van der Waals surface area contributed by atoms with Crippen molar-refractivity contribution in [2.24, 2.45) is 0 Å². The number of benzene rings is 2. The number of carbonyl (C=O) groups is 1. The molecule has 2 fully saturated rings. The molecule has 2 atom stereocenters. The molecule has 0 radical (unpaired) electrons. The van der Waals surface area contributed by atoms with Crippen LogP contribution in [0.2, 0.25) is 5.02 Å². The Bertz CT molecular complexity index is 946. The van der Waals surface area contributed by atoms with E-state index < -0.39 is 17.8 Å². The van der Waals surface area contributed by atoms with E-state index >= 15 is 0 Å². The lowest BCUT2D eigenvalue weighted by molar-refractivity contribution is -0.137. The van der Waals surface area contributed by atoms with Gasteiger partial charge < -0.3 is 15.3 Å². The highest BCUT2D eigenvalue weighted by Gasteiger charge is 2.37. The van der Waals surface area contributed by atoms with Crippen LogP contribution in [-0.4, -0.2) is 53.2 Å². The molecule has 0 saturated carbocycles. The van der Waals surface area contributed by atoms with Gasteiger partial charge in [-0.05, 0) is 48.2 Å². The number of alkyl halides is 3. The van der Waals surface area contributed by atoms with Gasteiger partial charge in [0.2, 0.25) is 0 Å². The second-order valence-corrected chi connectivity index (χ2v) is 8.75. The molecule has 32 heavy (non-hydrogen) atoms. The maximum Gasteiger partial charge on any atom is 0.416 e. The normalized spacial score (nSPS) is 21.6. The smallest absolute Gasteiger partial charge is 0.393 e. The average Bonchev–Trinajstić information content (AvgIpc) is 3.13. The summed E-state index contributed by atoms with van der Waals surface area (Å²) in [7, 11) is 0. The van der Waals surface area contributed by atoms with Crippen LogP contribution in [0, 0.1) is 0 Å². The molecule has 9 heteroatoms. The molecule has 2 heterocycles. The number of carbonyl (C=O) groups excluding carboxylic acids is 1. The number of amides is 2. The zero-order valence-corrected chi connectivity index (χ0v) is 18.1. The lowest BCUT2D eigenvalue weighted by Crippen LogP contribution is -2.44. The van der Waals surface area contributed by atoms with Crippen LogP contribution in [0.15, 0.2) is 48.5 Å². The standard InChI is InChI=1S/C23H25ClF3N3O2/c24-18-6-4-15(5-7-18)21(29-10-8-19(31)9-11-29)14-30-20(13-28-22(30)32)16-2-1-3-17(12-16)23(25,26)27/h1-7,12,19-21,31H,8-11,13-14H2,(H,28,32)/t20-,21?/m1/s1. The fourth-order valence-electron chi connectivity index (χ4n) is 4.47. The van der Waals surface area contributed by atoms with E-state index in [0.29, 0.717) is 43.1 Å². The van der Waals surface area contributed by atoms with E-state index in [1.54, 1.807) is 23.1 Å². The first-order valence-corrected chi connectivity index (χ1v) is 11.0. The Morgan fingerprint density at radius 1 is 1.12 bits per heavy atom. The van der Waals surface area contributed by atoms with E-state index in [9.17, 15) is 23.1 Å². The average molecular weight is 468 g/mol. The Morgan fingerprint density at radius 3 is 2.47 bits per heavy atom. The number of hydrogen-bond donors (Lipinski definition) is 2. The number of rotatable bonds is 5. The Kier molecular flexibility index (Phi) is 6.65. The number of nitrogens with one attached hydrogen (secondary N) is 1. The molecule has 0 aliphatic carbocycles. The highest BCUT2D eigenvalue weighted by Crippen LogP contribution is 2.35. The molecular formula is C23H25ClF3N3O2. The molecule has 2 aliphatic rings. The molecule has 172 valence electrons. The van der Waals surface area contributed by atoms with Crippen LogP contribution in [-0.2, 0) is 6.18 Å². The number of halogens is 4. The summed E-state index contributed by atoms with van der Waals surface area (Å²) in [6, 6.07) is 11.6. The lowest BCUT2D eigenvalue weighted by Gasteiger charge is -2.39. The van der Waals surface area contributed by atoms with Crippen molar-refractivity contribution in [1.82, 2.24) is 15.1 Å². The zero-order chi connectivity index (χ0) is 22.9. The first-order valence-electron chi connectivity index (χ1n) is 10.6. The number of nitrogens with zero attached hydrogens (tertiary/aromatic N) is 2. The molecule has 5 nitrogen and oxygen atoms in total. The predicted molar refractivity (Wildman–Crippen MR) is 115 cm³/mol. The van der Waals surface area contributed by atoms with Crippen molar-refractivity contribution in [2.45, 2.75) is 37.2 Å². The van der Waals surface area contributed by atoms with Crippen LogP contribution < -0.4 is 5.32 Å². The summed E-state index contributed by atoms with van der Waals surface area (Å²) in [5, 5.41) is 13.3. The quantitative estimate of drug-likeness (QED) is 0.674. The van der Waals surface area contributed by atoms with E-state index in [-0.39, 0.29) is 24.7 Å². The van der Waals surface area contributed by atoms with E-state index in [4.69, 9.17) is 11.6 Å². The van der Waals surface area contributed by atoms with Gasteiger partial charge in [0.15, 0.2) is 0 Å². The number of piperidine rings is 1. The van der Waals surface area contributed by atoms with Crippen LogP contribution in [0.4, 0.5) is 18.0 Å². The van der Waals surface area contributed by atoms with Crippen LogP contribution in [0.5, 0.6) is 0 Å². The van der Waals surface area contributed by atoms with E-state index in [2.05, 4.69) is 10.2 Å². The number of aliphatic hydroxyl groups is 1. The van der Waals surface area contributed by atoms with Crippen LogP contribution in [0.3, 0.4) is 0 Å². The topological polar surface area (TPSA) is 55.8 Å². The third-order valence-corrected chi connectivity index (χ3v) is 6.50. The minimum absolute atomic E-state index is 0.170. The Balaban J connectivity index is 1.62. The summed E-state index contributed by atoms with van der Waals surface area (Å²) in [5.74, 6) is 0. The first-order chi connectivity index (χ1) is 15.2. The summed E-state index contributed by atoms with van der Waals surface area (Å²) in [6.45, 7) is 1.88. The molecule has 4 rings (SSSR count). The van der Waals surface area contributed by atoms with Crippen LogP contribution in [0.25, 0.3) is 0 Å². The molecule has 2 aliphatic heterocycles. The SMILES string of the molecule is O=C1NC[C@H](c2cccc(C(F)(F)F)c2)N1CC(c1ccc(Cl)cc1)N1CCC(O)CC1. The van der Waals surface area contributed by atoms with Crippen LogP contribution >= 0.6 is 11.6 Å². The minimum Gasteiger partial charge on any atom is -0.393 e. The van der Waals surface area contributed by atoms with Crippen molar-refractivity contribution < 1.29 is 23.1 Å². The second kappa shape index (κ2) is 9.29. The van der Waals surface area contributed by atoms with Crippen molar-refractivity contribution in [3.63, 3.8) is 0 Å². The molecule has 0 bridgehead atoms. The van der Waals surface area contributed by atoms with Gasteiger partial charge in [-0.3, -0.25) is 4.90 Å². The molecule has 2 N–H and O–H groups in total. The third kappa shape index (κ3) is 5.03. The van der Waals surface area contributed by atoms with Crippen molar-refractivity contribution in [1.29, 1.82) is 0 Å². The maximum absolute atomic E-state index is 13.2. The summed E-state index contributed by atoms with van der Waals surface area (Å²) in [4.78, 5) is 16.5. The molecule has 2 aromatic rings. The Morgan fingerprint density at radius 2 is 1.81 bits per heavy atom. The van der Waals surface area contributed by atoms with Crippen LogP contribution in [0.1, 0.15) is 41.6 Å². The third-order valence-electron chi connectivity index (χ3n) is 6.25. The maximum atomic E-state index is 13.2. The molecule has 0 aromatic heterocycles. The highest BCUT2D eigenvalue weighted by molar-refractivity contribution is 6.30. The summed E-state index contributed by atoms with van der Waals surface area (Å²) < 4.78 is 39.7. The van der Waals surface area contributed by atoms with E-state index in [0.717, 1.165) is 17.7 Å². The molecule has 2 amide bonds. The van der Waals surface area contributed by atoms with Gasteiger partial charge in [0, 0.05) is 31.2 Å². The first kappa shape index (κ1) is 22.9. The minimum atomic E-state index is -4.45. The Hall–Kier alpha value is -2.29.